The number of nitrogens with two attached hydrogens (primary N) is 1. The van der Waals surface area contributed by atoms with Crippen LogP contribution in [0.5, 0.6) is 0 Å². The van der Waals surface area contributed by atoms with Gasteiger partial charge in [-0.1, -0.05) is 24.3 Å². The molecule has 3 amide bonds. The molecule has 0 aliphatic heterocycles. The average Bonchev–Trinajstić information content (AvgIpc) is 2.10. The molecule has 76 valence electrons. The molecule has 14 heavy (non-hydrogen) atoms. The van der Waals surface area contributed by atoms with Gasteiger partial charge >= 0.3 is 6.03 Å². The molecule has 0 fully saturated rings. The van der Waals surface area contributed by atoms with Crippen LogP contribution in [0.3, 0.4) is 0 Å². The summed E-state index contributed by atoms with van der Waals surface area (Å²) in [5.41, 5.74) is 5.19. The molecule has 0 saturated heterocycles. The van der Waals surface area contributed by atoms with E-state index in [0.29, 0.717) is 5.57 Å². The first-order valence-corrected chi connectivity index (χ1v) is 4.18. The number of carbonyl (C=O) groups excluding carboxylic acids is 2. The van der Waals surface area contributed by atoms with Gasteiger partial charge in [0.15, 0.2) is 0 Å². The van der Waals surface area contributed by atoms with Crippen LogP contribution in [-0.2, 0) is 4.79 Å². The molecule has 0 aromatic heterocycles. The lowest BCUT2D eigenvalue weighted by atomic mass is 10.2. The van der Waals surface area contributed by atoms with Gasteiger partial charge < -0.3 is 5.73 Å². The molecular weight excluding hydrogens is 180 g/mol. The van der Waals surface area contributed by atoms with Crippen molar-refractivity contribution in [1.29, 1.82) is 0 Å². The maximum atomic E-state index is 11.3. The molecule has 0 rings (SSSR count). The zero-order valence-corrected chi connectivity index (χ0v) is 8.28. The van der Waals surface area contributed by atoms with Crippen LogP contribution in [0.4, 0.5) is 4.79 Å². The third kappa shape index (κ3) is 4.92. The first-order chi connectivity index (χ1) is 6.61. The van der Waals surface area contributed by atoms with Gasteiger partial charge in [-0.3, -0.25) is 10.1 Å². The number of rotatable bonds is 3. The van der Waals surface area contributed by atoms with E-state index in [1.54, 1.807) is 37.3 Å². The molecule has 0 atom stereocenters. The minimum Gasteiger partial charge on any atom is -0.351 e. The Morgan fingerprint density at radius 2 is 1.86 bits per heavy atom. The molecule has 0 aliphatic rings. The van der Waals surface area contributed by atoms with Gasteiger partial charge in [0.1, 0.15) is 0 Å². The molecule has 0 saturated carbocycles. The zero-order valence-electron chi connectivity index (χ0n) is 8.28. The Hall–Kier alpha value is -1.84. The Bertz CT molecular complexity index is 301. The Morgan fingerprint density at radius 1 is 1.21 bits per heavy atom. The fourth-order valence-electron chi connectivity index (χ4n) is 0.770. The maximum Gasteiger partial charge on any atom is 0.319 e. The molecular formula is C10H14N2O2. The van der Waals surface area contributed by atoms with Gasteiger partial charge in [0.2, 0.25) is 0 Å². The minimum atomic E-state index is -0.856. The van der Waals surface area contributed by atoms with Crippen LogP contribution in [-0.4, -0.2) is 11.9 Å². The molecule has 0 aromatic carbocycles. The van der Waals surface area contributed by atoms with Crippen molar-refractivity contribution in [2.45, 2.75) is 13.8 Å². The third-order valence-corrected chi connectivity index (χ3v) is 1.31. The van der Waals surface area contributed by atoms with Gasteiger partial charge in [-0.15, -0.1) is 0 Å². The molecule has 0 aromatic rings. The van der Waals surface area contributed by atoms with E-state index in [4.69, 9.17) is 5.73 Å². The lowest BCUT2D eigenvalue weighted by molar-refractivity contribution is -0.116. The summed E-state index contributed by atoms with van der Waals surface area (Å²) in [7, 11) is 0. The predicted octanol–water partition coefficient (Wildman–Crippen LogP) is 1.26. The Balaban J connectivity index is 4.65. The monoisotopic (exact) mass is 194 g/mol. The van der Waals surface area contributed by atoms with E-state index in [0.717, 1.165) is 0 Å². The molecule has 0 bridgehead atoms. The minimum absolute atomic E-state index is 0.379. The van der Waals surface area contributed by atoms with E-state index in [9.17, 15) is 9.59 Å². The van der Waals surface area contributed by atoms with E-state index in [2.05, 4.69) is 0 Å². The lowest BCUT2D eigenvalue weighted by Gasteiger charge is -1.99. The first kappa shape index (κ1) is 12.2. The lowest BCUT2D eigenvalue weighted by Crippen LogP contribution is -2.35. The van der Waals surface area contributed by atoms with Crippen molar-refractivity contribution in [2.75, 3.05) is 0 Å². The van der Waals surface area contributed by atoms with Crippen LogP contribution in [0.25, 0.3) is 0 Å². The summed E-state index contributed by atoms with van der Waals surface area (Å²) in [4.78, 5) is 21.7. The highest BCUT2D eigenvalue weighted by atomic mass is 16.2. The summed E-state index contributed by atoms with van der Waals surface area (Å²) in [5.74, 6) is -0.506. The van der Waals surface area contributed by atoms with E-state index >= 15 is 0 Å². The number of allylic oxidation sites excluding steroid dienone is 4. The van der Waals surface area contributed by atoms with E-state index in [1.807, 2.05) is 12.2 Å². The van der Waals surface area contributed by atoms with Crippen molar-refractivity contribution in [2.24, 2.45) is 5.73 Å². The van der Waals surface area contributed by atoms with Crippen LogP contribution in [0.2, 0.25) is 0 Å². The molecule has 0 aliphatic carbocycles. The largest absolute Gasteiger partial charge is 0.351 e. The summed E-state index contributed by atoms with van der Waals surface area (Å²) in [5, 5.41) is 1.98. The summed E-state index contributed by atoms with van der Waals surface area (Å²) in [6.45, 7) is 3.61. The van der Waals surface area contributed by atoms with E-state index < -0.39 is 11.9 Å². The first-order valence-electron chi connectivity index (χ1n) is 4.18. The van der Waals surface area contributed by atoms with Gasteiger partial charge in [0.25, 0.3) is 5.91 Å². The van der Waals surface area contributed by atoms with Gasteiger partial charge in [-0.2, -0.15) is 0 Å². The SMILES string of the molecule is C\C=C/C=C(\C=C/C)C(=O)NC(N)=O. The quantitative estimate of drug-likeness (QED) is 0.524. The topological polar surface area (TPSA) is 72.2 Å². The summed E-state index contributed by atoms with van der Waals surface area (Å²) >= 11 is 0. The maximum absolute atomic E-state index is 11.3. The van der Waals surface area contributed by atoms with Gasteiger partial charge in [-0.05, 0) is 19.9 Å². The van der Waals surface area contributed by atoms with Crippen LogP contribution in [0, 0.1) is 0 Å². The van der Waals surface area contributed by atoms with E-state index in [-0.39, 0.29) is 0 Å². The van der Waals surface area contributed by atoms with Crippen molar-refractivity contribution < 1.29 is 9.59 Å². The van der Waals surface area contributed by atoms with Crippen molar-refractivity contribution in [1.82, 2.24) is 5.32 Å². The smallest absolute Gasteiger partial charge is 0.319 e. The average molecular weight is 194 g/mol. The molecule has 4 heteroatoms. The van der Waals surface area contributed by atoms with Crippen LogP contribution in [0.1, 0.15) is 13.8 Å². The normalized spacial score (nSPS) is 12.3. The zero-order chi connectivity index (χ0) is 11.0. The Labute approximate surface area is 83.2 Å². The van der Waals surface area contributed by atoms with Crippen molar-refractivity contribution in [3.8, 4) is 0 Å². The molecule has 4 nitrogen and oxygen atoms in total. The second kappa shape index (κ2) is 6.65. The fraction of sp³-hybridized carbons (Fsp3) is 0.200. The Kier molecular flexibility index (Phi) is 5.78. The second-order valence-corrected chi connectivity index (χ2v) is 2.47. The van der Waals surface area contributed by atoms with Crippen molar-refractivity contribution in [3.63, 3.8) is 0 Å². The predicted molar refractivity (Wildman–Crippen MR) is 55.4 cm³/mol. The van der Waals surface area contributed by atoms with Gasteiger partial charge in [0.05, 0.1) is 0 Å². The summed E-state index contributed by atoms with van der Waals surface area (Å²) in [6.07, 6.45) is 8.38. The summed E-state index contributed by atoms with van der Waals surface area (Å²) < 4.78 is 0. The van der Waals surface area contributed by atoms with Crippen LogP contribution in [0.15, 0.2) is 36.0 Å². The van der Waals surface area contributed by atoms with Crippen molar-refractivity contribution in [3.05, 3.63) is 36.0 Å². The Morgan fingerprint density at radius 3 is 2.29 bits per heavy atom. The van der Waals surface area contributed by atoms with Crippen molar-refractivity contribution >= 4 is 11.9 Å². The number of amides is 3. The number of urea groups is 1. The molecule has 0 spiro atoms. The number of hydrogen-bond donors (Lipinski definition) is 2. The number of hydrogen-bond acceptors (Lipinski definition) is 2. The molecule has 0 unspecified atom stereocenters. The third-order valence-electron chi connectivity index (χ3n) is 1.31. The van der Waals surface area contributed by atoms with E-state index in [1.165, 1.54) is 0 Å². The summed E-state index contributed by atoms with van der Waals surface area (Å²) in [6, 6.07) is -0.856. The second-order valence-electron chi connectivity index (χ2n) is 2.47. The number of imide groups is 1. The standard InChI is InChI=1S/C10H14N2O2/c1-3-5-7-8(6-4-2)9(13)12-10(11)14/h3-7H,1-2H3,(H3,11,12,13,14)/b5-3-,6-4-,8-7+. The highest BCUT2D eigenvalue weighted by Gasteiger charge is 2.06. The molecule has 0 radical (unpaired) electrons. The number of nitrogens with one attached hydrogen (secondary N) is 1. The highest BCUT2D eigenvalue weighted by molar-refractivity contribution is 6.05. The molecule has 0 heterocycles. The van der Waals surface area contributed by atoms with Crippen LogP contribution < -0.4 is 11.1 Å². The molecule has 3 N–H and O–H groups in total. The highest BCUT2D eigenvalue weighted by Crippen LogP contribution is 1.97. The fourth-order valence-corrected chi connectivity index (χ4v) is 0.770. The van der Waals surface area contributed by atoms with Gasteiger partial charge in [-0.25, -0.2) is 4.79 Å². The van der Waals surface area contributed by atoms with Gasteiger partial charge in [0, 0.05) is 5.57 Å². The van der Waals surface area contributed by atoms with Crippen LogP contribution >= 0.6 is 0 Å². The number of primary amides is 1. The number of carbonyl (C=O) groups is 2.